The first-order valence-corrected chi connectivity index (χ1v) is 39.2. The average molecular weight is 1930 g/mol. The van der Waals surface area contributed by atoms with Crippen molar-refractivity contribution < 1.29 is 188 Å². The standard InChI is InChI=1S/C70H102F21N19O20/c1-93-41(111)5-18-61(19-6-42(112)94-2,20-7-43(113)95-27-34-102-53(123)64(71,72)73)109-50(120)3-15-60(92,16-4-51(121)110-62(21-8-44(114)96-28-35-103-54(124)65(74,75)76,22-9-45(115)97-29-36-104-55(125)66(77,78)79)23-10-46(116)98-30-37-105-56(126)67(80,81)82)17-14-52(122)130-63(24-11-47(117)99-31-38-106-57(127)68(83,84)85,25-12-48(118)100-32-39-107-58(128)69(86,87)88)26-13-49(119)101-33-40-108-59(129)70(89,90)91/h3-40,92H2,1-2H3,(H,93,111)(H,94,112)(H,95,113)(H,96,114)(H,97,115)(H,98,116)(H,99,117)(H,100,118)(H,101,119)(H,102,123)(H,103,124)(H,104,125)(H,105,126)(H,106,127)(H,107,128)(H,108,129)(H,109,120)(H,110,121). The van der Waals surface area contributed by atoms with Crippen LogP contribution in [0.25, 0.3) is 0 Å². The van der Waals surface area contributed by atoms with Gasteiger partial charge in [0.1, 0.15) is 5.60 Å². The Labute approximate surface area is 725 Å². The molecular formula is C70H102F21N19O20. The third-order valence-electron chi connectivity index (χ3n) is 18.6. The Morgan fingerprint density at radius 1 is 0.208 bits per heavy atom. The van der Waals surface area contributed by atoms with Gasteiger partial charge >= 0.3 is 90.6 Å². The second-order valence-electron chi connectivity index (χ2n) is 28.7. The highest BCUT2D eigenvalue weighted by Crippen LogP contribution is 2.35. The first-order chi connectivity index (χ1) is 59.9. The predicted octanol–water partition coefficient (Wildman–Crippen LogP) is -0.907. The summed E-state index contributed by atoms with van der Waals surface area (Å²) in [7, 11) is 2.36. The second kappa shape index (κ2) is 56.1. The monoisotopic (exact) mass is 1930 g/mol. The molecule has 130 heavy (non-hydrogen) atoms. The zero-order chi connectivity index (χ0) is 99.8. The van der Waals surface area contributed by atoms with E-state index in [1.165, 1.54) is 51.3 Å². The molecule has 0 aliphatic heterocycles. The van der Waals surface area contributed by atoms with Gasteiger partial charge in [0.25, 0.3) is 0 Å². The molecule has 0 radical (unpaired) electrons. The maximum atomic E-state index is 14.9. The first kappa shape index (κ1) is 118. The van der Waals surface area contributed by atoms with E-state index < -0.39 is 423 Å². The molecule has 0 saturated carbocycles. The molecule has 18 amide bonds. The van der Waals surface area contributed by atoms with Crippen molar-refractivity contribution in [2.45, 2.75) is 220 Å². The van der Waals surface area contributed by atoms with Gasteiger partial charge in [-0.1, -0.05) is 0 Å². The third-order valence-corrected chi connectivity index (χ3v) is 18.6. The summed E-state index contributed by atoms with van der Waals surface area (Å²) in [4.78, 5) is 244. The first-order valence-electron chi connectivity index (χ1n) is 39.2. The summed E-state index contributed by atoms with van der Waals surface area (Å²) < 4.78 is 278. The molecule has 0 fully saturated rings. The molecule has 0 aromatic rings. The zero-order valence-corrected chi connectivity index (χ0v) is 69.5. The van der Waals surface area contributed by atoms with Gasteiger partial charge in [-0.05, 0) is 77.0 Å². The van der Waals surface area contributed by atoms with E-state index >= 15 is 0 Å². The van der Waals surface area contributed by atoms with E-state index in [0.29, 0.717) is 0 Å². The minimum Gasteiger partial charge on any atom is -0.459 e. The minimum absolute atomic E-state index is 0.440. The Kier molecular flexibility index (Phi) is 51.1. The van der Waals surface area contributed by atoms with Crippen LogP contribution in [0.1, 0.15) is 154 Å². The Hall–Kier alpha value is -11.6. The number of ether oxygens (including phenoxy) is 1. The number of nitrogens with two attached hydrogens (primary N) is 1. The van der Waals surface area contributed by atoms with Gasteiger partial charge in [-0.15, -0.1) is 0 Å². The second-order valence-corrected chi connectivity index (χ2v) is 28.7. The molecule has 39 nitrogen and oxygen atoms in total. The van der Waals surface area contributed by atoms with Gasteiger partial charge in [-0.25, -0.2) is 0 Å². The van der Waals surface area contributed by atoms with Gasteiger partial charge in [-0.2, -0.15) is 92.2 Å². The average Bonchev–Trinajstić information content (AvgIpc) is 0.840. The van der Waals surface area contributed by atoms with E-state index in [-0.39, 0.29) is 0 Å². The maximum Gasteiger partial charge on any atom is 0.471 e. The van der Waals surface area contributed by atoms with Gasteiger partial charge in [-0.3, -0.25) is 91.1 Å². The summed E-state index contributed by atoms with van der Waals surface area (Å²) in [6, 6.07) is 0. The molecule has 1 atom stereocenters. The van der Waals surface area contributed by atoms with Crippen molar-refractivity contribution in [2.75, 3.05) is 106 Å². The number of alkyl halides is 21. The van der Waals surface area contributed by atoms with Crippen molar-refractivity contribution in [3.05, 3.63) is 0 Å². The Morgan fingerprint density at radius 3 is 0.538 bits per heavy atom. The minimum atomic E-state index is -5.42. The maximum absolute atomic E-state index is 14.9. The number of amides is 18. The number of halogens is 21. The van der Waals surface area contributed by atoms with Gasteiger partial charge < -0.3 is 106 Å². The summed E-state index contributed by atoms with van der Waals surface area (Å²) in [5, 5.41) is 34.9. The van der Waals surface area contributed by atoms with E-state index in [0.717, 1.165) is 0 Å². The Balaban J connectivity index is 8.80. The molecule has 0 saturated heterocycles. The Bertz CT molecular complexity index is 3370. The van der Waals surface area contributed by atoms with Crippen molar-refractivity contribution in [3.63, 3.8) is 0 Å². The molecule has 1 unspecified atom stereocenters. The van der Waals surface area contributed by atoms with Crippen LogP contribution >= 0.6 is 0 Å². The number of nitrogens with one attached hydrogen (secondary N) is 18. The van der Waals surface area contributed by atoms with Crippen LogP contribution in [-0.2, 0) is 95.8 Å². The lowest BCUT2D eigenvalue weighted by Crippen LogP contribution is -2.52. The third kappa shape index (κ3) is 53.4. The van der Waals surface area contributed by atoms with Crippen LogP contribution in [-0.4, -0.2) is 283 Å². The van der Waals surface area contributed by atoms with Gasteiger partial charge in [0.2, 0.25) is 65.0 Å². The molecule has 0 bridgehead atoms. The van der Waals surface area contributed by atoms with E-state index in [4.69, 9.17) is 10.5 Å². The van der Waals surface area contributed by atoms with Crippen molar-refractivity contribution in [3.8, 4) is 0 Å². The number of hydrogen-bond donors (Lipinski definition) is 19. The van der Waals surface area contributed by atoms with Crippen molar-refractivity contribution in [1.82, 2.24) is 95.7 Å². The van der Waals surface area contributed by atoms with E-state index in [1.54, 1.807) is 0 Å². The lowest BCUT2D eigenvalue weighted by atomic mass is 9.81. The van der Waals surface area contributed by atoms with Crippen LogP contribution in [0.15, 0.2) is 0 Å². The summed E-state index contributed by atoms with van der Waals surface area (Å²) in [5.41, 5.74) is -1.64. The topological polar surface area (TPSA) is 576 Å². The molecular weight excluding hydrogens is 1830 g/mol. The molecule has 60 heteroatoms. The number of carbonyl (C=O) groups excluding carboxylic acids is 19. The summed E-state index contributed by atoms with van der Waals surface area (Å²) in [6.45, 7) is -11.4. The molecule has 0 spiro atoms. The fraction of sp³-hybridized carbons (Fsp3) is 0.729. The summed E-state index contributed by atoms with van der Waals surface area (Å²) >= 11 is 0. The summed E-state index contributed by atoms with van der Waals surface area (Å²) in [5.74, 6) is -30.3. The number of esters is 1. The van der Waals surface area contributed by atoms with Gasteiger partial charge in [0, 0.05) is 199 Å². The lowest BCUT2D eigenvalue weighted by Gasteiger charge is -2.37. The zero-order valence-electron chi connectivity index (χ0n) is 69.5. The smallest absolute Gasteiger partial charge is 0.459 e. The predicted molar refractivity (Wildman–Crippen MR) is 401 cm³/mol. The molecule has 20 N–H and O–H groups in total. The fourth-order valence-corrected chi connectivity index (χ4v) is 11.5. The van der Waals surface area contributed by atoms with Crippen LogP contribution < -0.4 is 101 Å². The number of rotatable bonds is 60. The van der Waals surface area contributed by atoms with E-state index in [9.17, 15) is 183 Å². The largest absolute Gasteiger partial charge is 0.471 e. The highest BCUT2D eigenvalue weighted by Gasteiger charge is 2.46. The van der Waals surface area contributed by atoms with Crippen LogP contribution in [0.2, 0.25) is 0 Å². The normalized spacial score (nSPS) is 12.6. The van der Waals surface area contributed by atoms with Crippen LogP contribution in [0.5, 0.6) is 0 Å². The lowest BCUT2D eigenvalue weighted by molar-refractivity contribution is -0.173. The molecule has 0 rings (SSSR count). The Morgan fingerprint density at radius 2 is 0.362 bits per heavy atom. The van der Waals surface area contributed by atoms with Gasteiger partial charge in [0.05, 0.1) is 0 Å². The fourth-order valence-electron chi connectivity index (χ4n) is 11.5. The van der Waals surface area contributed by atoms with E-state index in [2.05, 4.69) is 58.5 Å². The quantitative estimate of drug-likeness (QED) is 0.0199. The highest BCUT2D eigenvalue weighted by molar-refractivity contribution is 5.87. The van der Waals surface area contributed by atoms with Gasteiger partial charge in [0.15, 0.2) is 0 Å². The number of hydrogen-bond acceptors (Lipinski definition) is 21. The molecule has 0 aliphatic carbocycles. The van der Waals surface area contributed by atoms with Crippen LogP contribution in [0.4, 0.5) is 92.2 Å². The van der Waals surface area contributed by atoms with Crippen LogP contribution in [0.3, 0.4) is 0 Å². The molecule has 0 aliphatic rings. The highest BCUT2D eigenvalue weighted by atomic mass is 19.4. The molecule has 0 aromatic heterocycles. The van der Waals surface area contributed by atoms with Crippen molar-refractivity contribution in [2.24, 2.45) is 5.73 Å². The molecule has 0 aromatic carbocycles. The number of carbonyl (C=O) groups is 19. The van der Waals surface area contributed by atoms with Crippen molar-refractivity contribution in [1.29, 1.82) is 0 Å². The summed E-state index contributed by atoms with van der Waals surface area (Å²) in [6.07, 6.45) is -56.9. The molecule has 0 heterocycles. The molecule has 744 valence electrons. The van der Waals surface area contributed by atoms with E-state index in [1.807, 2.05) is 0 Å². The SMILES string of the molecule is CNC(=O)CCC(CCC(=O)NC)(CCC(=O)NCCNC(=O)C(F)(F)F)NC(=O)CCC(N)(CCC(=O)NC(CCC(=O)NCCNC(=O)C(F)(F)F)(CCC(=O)NCCNC(=O)C(F)(F)F)CCC(=O)NCCNC(=O)C(F)(F)F)CCC(=O)OC(CCC(=O)NCCNC(=O)C(F)(F)F)(CCC(=O)NCCNC(=O)C(F)(F)F)CCC(=O)NCCNC(=O)C(F)(F)F. The van der Waals surface area contributed by atoms with Crippen molar-refractivity contribution >= 4 is 112 Å². The van der Waals surface area contributed by atoms with Crippen LogP contribution in [0, 0.1) is 0 Å².